The van der Waals surface area contributed by atoms with E-state index >= 15 is 0 Å². The third-order valence-corrected chi connectivity index (χ3v) is 7.05. The second-order valence-corrected chi connectivity index (χ2v) is 14.8. The fourth-order valence-corrected chi connectivity index (χ4v) is 4.35. The third-order valence-electron chi connectivity index (χ3n) is 5.38. The van der Waals surface area contributed by atoms with Crippen molar-refractivity contribution in [2.45, 2.75) is 57.3 Å². The summed E-state index contributed by atoms with van der Waals surface area (Å²) in [6, 6.07) is 16.1. The van der Waals surface area contributed by atoms with Crippen molar-refractivity contribution in [2.75, 3.05) is 18.8 Å². The summed E-state index contributed by atoms with van der Waals surface area (Å²) in [5, 5.41) is 2.52. The van der Waals surface area contributed by atoms with Crippen LogP contribution in [0.15, 0.2) is 53.6 Å². The molecule has 2 aromatic carbocycles. The van der Waals surface area contributed by atoms with Crippen molar-refractivity contribution in [3.63, 3.8) is 0 Å². The van der Waals surface area contributed by atoms with Crippen LogP contribution in [0.25, 0.3) is 22.0 Å². The lowest BCUT2D eigenvalue weighted by atomic mass is 9.79. The van der Waals surface area contributed by atoms with Crippen molar-refractivity contribution < 1.29 is 0 Å². The Bertz CT molecular complexity index is 979. The van der Waals surface area contributed by atoms with Crippen LogP contribution in [-0.4, -0.2) is 23.8 Å². The maximum absolute atomic E-state index is 4.82. The molecular formula is C26H35NS. The minimum absolute atomic E-state index is 0.101. The molecule has 0 saturated carbocycles. The van der Waals surface area contributed by atoms with Gasteiger partial charge in [-0.1, -0.05) is 53.7 Å². The van der Waals surface area contributed by atoms with Gasteiger partial charge in [0.25, 0.3) is 0 Å². The molecule has 150 valence electrons. The molecule has 1 nitrogen and oxygen atoms in total. The van der Waals surface area contributed by atoms with Crippen LogP contribution in [0.3, 0.4) is 0 Å². The molecule has 0 atom stereocenters. The quantitative estimate of drug-likeness (QED) is 0.438. The second kappa shape index (κ2) is 6.91. The molecule has 0 aliphatic carbocycles. The number of hydrogen-bond donors (Lipinski definition) is 0. The Balaban J connectivity index is 2.27. The van der Waals surface area contributed by atoms with E-state index < -0.39 is 10.0 Å². The molecule has 3 aromatic rings. The van der Waals surface area contributed by atoms with Gasteiger partial charge in [0.05, 0.1) is 5.69 Å². The van der Waals surface area contributed by atoms with E-state index in [9.17, 15) is 0 Å². The van der Waals surface area contributed by atoms with Gasteiger partial charge in [-0.25, -0.2) is 10.0 Å². The lowest BCUT2D eigenvalue weighted by Gasteiger charge is -2.27. The van der Waals surface area contributed by atoms with Crippen molar-refractivity contribution >= 4 is 20.8 Å². The van der Waals surface area contributed by atoms with Gasteiger partial charge in [-0.05, 0) is 81.3 Å². The zero-order valence-electron chi connectivity index (χ0n) is 19.0. The molecule has 0 bridgehead atoms. The lowest BCUT2D eigenvalue weighted by molar-refractivity contribution is 0.569. The van der Waals surface area contributed by atoms with Crippen molar-refractivity contribution in [1.82, 2.24) is 4.98 Å². The van der Waals surface area contributed by atoms with Crippen LogP contribution in [0, 0.1) is 0 Å². The van der Waals surface area contributed by atoms with Gasteiger partial charge >= 0.3 is 0 Å². The van der Waals surface area contributed by atoms with E-state index in [1.54, 1.807) is 0 Å². The molecule has 2 heteroatoms. The number of hydrogen-bond acceptors (Lipinski definition) is 1. The Hall–Kier alpha value is -1.80. The SMILES string of the molecule is CC(C)(C)c1cc(-c2nccc3cc(S(C)(C)C)ccc23)cc(C(C)(C)C)c1. The van der Waals surface area contributed by atoms with Crippen molar-refractivity contribution in [3.8, 4) is 11.3 Å². The zero-order valence-corrected chi connectivity index (χ0v) is 19.8. The van der Waals surface area contributed by atoms with Gasteiger partial charge in [0.15, 0.2) is 0 Å². The maximum atomic E-state index is 4.82. The van der Waals surface area contributed by atoms with Gasteiger partial charge in [-0.15, -0.1) is 0 Å². The standard InChI is InChI=1S/C26H35NS/c1-25(2,3)20-14-19(15-21(17-20)26(4,5)6)24-23-11-10-22(28(7,8)9)16-18(23)12-13-27-24/h10-17H,1-9H3. The monoisotopic (exact) mass is 393 g/mol. The minimum atomic E-state index is -0.744. The van der Waals surface area contributed by atoms with Gasteiger partial charge in [-0.2, -0.15) is 0 Å². The van der Waals surface area contributed by atoms with Crippen molar-refractivity contribution in [1.29, 1.82) is 0 Å². The largest absolute Gasteiger partial charge is 0.256 e. The fraction of sp³-hybridized carbons (Fsp3) is 0.423. The van der Waals surface area contributed by atoms with E-state index in [1.165, 1.54) is 32.4 Å². The van der Waals surface area contributed by atoms with Crippen LogP contribution in [-0.2, 0) is 10.8 Å². The molecule has 0 fully saturated rings. The second-order valence-electron chi connectivity index (χ2n) is 10.7. The molecule has 0 radical (unpaired) electrons. The average molecular weight is 394 g/mol. The number of rotatable bonds is 2. The normalized spacial score (nSPS) is 13.8. The van der Waals surface area contributed by atoms with Crippen LogP contribution in [0.2, 0.25) is 0 Å². The molecule has 0 N–H and O–H groups in total. The maximum Gasteiger partial charge on any atom is 0.0780 e. The predicted molar refractivity (Wildman–Crippen MR) is 128 cm³/mol. The Labute approximate surface area is 172 Å². The highest BCUT2D eigenvalue weighted by atomic mass is 32.3. The highest BCUT2D eigenvalue weighted by Crippen LogP contribution is 2.46. The Morgan fingerprint density at radius 1 is 0.714 bits per heavy atom. The first-order valence-electron chi connectivity index (χ1n) is 10.0. The number of fused-ring (bicyclic) bond motifs is 1. The van der Waals surface area contributed by atoms with Gasteiger partial charge in [0.1, 0.15) is 0 Å². The lowest BCUT2D eigenvalue weighted by Crippen LogP contribution is -2.16. The molecule has 0 amide bonds. The zero-order chi connectivity index (χ0) is 20.9. The molecule has 3 rings (SSSR count). The number of benzene rings is 2. The third kappa shape index (κ3) is 4.27. The Morgan fingerprint density at radius 3 is 1.79 bits per heavy atom. The highest BCUT2D eigenvalue weighted by molar-refractivity contribution is 8.32. The van der Waals surface area contributed by atoms with Gasteiger partial charge in [-0.3, -0.25) is 4.98 Å². The van der Waals surface area contributed by atoms with E-state index in [2.05, 4.69) is 103 Å². The van der Waals surface area contributed by atoms with E-state index in [0.717, 1.165) is 5.69 Å². The summed E-state index contributed by atoms with van der Waals surface area (Å²) in [6.07, 6.45) is 9.00. The van der Waals surface area contributed by atoms with Gasteiger partial charge in [0, 0.05) is 17.1 Å². The molecule has 1 heterocycles. The summed E-state index contributed by atoms with van der Waals surface area (Å²) in [7, 11) is -0.744. The average Bonchev–Trinajstić information content (AvgIpc) is 2.58. The summed E-state index contributed by atoms with van der Waals surface area (Å²) >= 11 is 0. The highest BCUT2D eigenvalue weighted by Gasteiger charge is 2.22. The summed E-state index contributed by atoms with van der Waals surface area (Å²) in [5.41, 5.74) is 5.24. The van der Waals surface area contributed by atoms with Gasteiger partial charge in [0.2, 0.25) is 0 Å². The smallest absolute Gasteiger partial charge is 0.0780 e. The molecule has 0 saturated heterocycles. The minimum Gasteiger partial charge on any atom is -0.256 e. The van der Waals surface area contributed by atoms with E-state index in [0.29, 0.717) is 0 Å². The number of pyridine rings is 1. The Kier molecular flexibility index (Phi) is 5.17. The van der Waals surface area contributed by atoms with Crippen molar-refractivity contribution in [3.05, 3.63) is 59.8 Å². The van der Waals surface area contributed by atoms with Gasteiger partial charge < -0.3 is 0 Å². The molecule has 28 heavy (non-hydrogen) atoms. The summed E-state index contributed by atoms with van der Waals surface area (Å²) in [5.74, 6) is 0. The summed E-state index contributed by atoms with van der Waals surface area (Å²) < 4.78 is 0. The van der Waals surface area contributed by atoms with Crippen LogP contribution in [0.4, 0.5) is 0 Å². The predicted octanol–water partition coefficient (Wildman–Crippen LogP) is 7.55. The van der Waals surface area contributed by atoms with Crippen LogP contribution in [0.5, 0.6) is 0 Å². The molecule has 0 aliphatic heterocycles. The molecule has 0 unspecified atom stereocenters. The number of aromatic nitrogens is 1. The van der Waals surface area contributed by atoms with E-state index in [-0.39, 0.29) is 10.8 Å². The van der Waals surface area contributed by atoms with Crippen LogP contribution < -0.4 is 0 Å². The number of nitrogens with zero attached hydrogens (tertiary/aromatic N) is 1. The fourth-order valence-electron chi connectivity index (χ4n) is 3.40. The first-order chi connectivity index (χ1) is 12.8. The van der Waals surface area contributed by atoms with E-state index in [4.69, 9.17) is 4.98 Å². The molecular weight excluding hydrogens is 358 g/mol. The Morgan fingerprint density at radius 2 is 1.29 bits per heavy atom. The first kappa shape index (κ1) is 20.9. The molecule has 0 aliphatic rings. The molecule has 1 aromatic heterocycles. The summed E-state index contributed by atoms with van der Waals surface area (Å²) in [4.78, 5) is 6.26. The van der Waals surface area contributed by atoms with E-state index in [1.807, 2.05) is 6.20 Å². The van der Waals surface area contributed by atoms with Crippen LogP contribution in [0.1, 0.15) is 52.7 Å². The molecule has 0 spiro atoms. The first-order valence-corrected chi connectivity index (χ1v) is 12.9. The van der Waals surface area contributed by atoms with Crippen LogP contribution >= 0.6 is 10.0 Å². The van der Waals surface area contributed by atoms with Crippen molar-refractivity contribution in [2.24, 2.45) is 0 Å². The summed E-state index contributed by atoms with van der Waals surface area (Å²) in [6.45, 7) is 13.7. The topological polar surface area (TPSA) is 12.9 Å².